The van der Waals surface area contributed by atoms with Crippen molar-refractivity contribution < 1.29 is 23.5 Å². The number of ether oxygens (including phenoxy) is 1. The fourth-order valence-electron chi connectivity index (χ4n) is 6.66. The molecule has 2 aromatic rings. The Labute approximate surface area is 251 Å². The number of rotatable bonds is 8. The number of anilines is 1. The third-order valence-electron chi connectivity index (χ3n) is 8.80. The van der Waals surface area contributed by atoms with Crippen LogP contribution in [0.3, 0.4) is 0 Å². The summed E-state index contributed by atoms with van der Waals surface area (Å²) in [7, 11) is 0. The number of thiazole rings is 1. The van der Waals surface area contributed by atoms with Crippen molar-refractivity contribution in [3.05, 3.63) is 46.2 Å². The second-order valence-electron chi connectivity index (χ2n) is 12.0. The molecule has 0 aliphatic carbocycles. The minimum absolute atomic E-state index is 0.00546. The van der Waals surface area contributed by atoms with Gasteiger partial charge in [0.25, 0.3) is 0 Å². The maximum atomic E-state index is 13.4. The van der Waals surface area contributed by atoms with Crippen LogP contribution in [0.2, 0.25) is 0 Å². The average molecular weight is 600 g/mol. The number of Topliss-reactive ketones (excluding diaryl/α,β-unsaturated/α-hetero) is 1. The van der Waals surface area contributed by atoms with Gasteiger partial charge < -0.3 is 19.9 Å². The summed E-state index contributed by atoms with van der Waals surface area (Å²) in [5.41, 5.74) is 1.76. The van der Waals surface area contributed by atoms with Gasteiger partial charge in [0.2, 0.25) is 5.91 Å². The zero-order valence-electron chi connectivity index (χ0n) is 24.6. The van der Waals surface area contributed by atoms with Gasteiger partial charge in [0.15, 0.2) is 10.9 Å². The van der Waals surface area contributed by atoms with Gasteiger partial charge in [0.05, 0.1) is 10.6 Å². The monoisotopic (exact) mass is 599 g/mol. The summed E-state index contributed by atoms with van der Waals surface area (Å²) >= 11 is 1.18. The molecule has 1 aromatic carbocycles. The molecule has 1 aromatic heterocycles. The minimum atomic E-state index is -0.342. The zero-order valence-corrected chi connectivity index (χ0v) is 25.4. The van der Waals surface area contributed by atoms with Crippen molar-refractivity contribution in [2.45, 2.75) is 58.4 Å². The van der Waals surface area contributed by atoms with E-state index in [4.69, 9.17) is 4.74 Å². The zero-order chi connectivity index (χ0) is 29.6. The molecule has 9 nitrogen and oxygen atoms in total. The van der Waals surface area contributed by atoms with E-state index in [1.54, 1.807) is 6.92 Å². The lowest BCUT2D eigenvalue weighted by Crippen LogP contribution is -2.57. The first-order valence-corrected chi connectivity index (χ1v) is 16.0. The number of nitrogens with zero attached hydrogens (tertiary/aromatic N) is 3. The number of amides is 3. The van der Waals surface area contributed by atoms with E-state index in [0.29, 0.717) is 54.3 Å². The molecule has 3 aliphatic heterocycles. The molecule has 0 spiro atoms. The van der Waals surface area contributed by atoms with Crippen LogP contribution in [0.1, 0.15) is 60.0 Å². The molecule has 0 bridgehead atoms. The van der Waals surface area contributed by atoms with E-state index in [1.165, 1.54) is 30.4 Å². The van der Waals surface area contributed by atoms with Crippen LogP contribution in [0.25, 0.3) is 0 Å². The quantitative estimate of drug-likeness (QED) is 0.433. The van der Waals surface area contributed by atoms with Crippen LogP contribution in [0, 0.1) is 30.5 Å². The number of carbonyl (C=O) groups is 3. The summed E-state index contributed by atoms with van der Waals surface area (Å²) < 4.78 is 18.9. The predicted octanol–water partition coefficient (Wildman–Crippen LogP) is 4.51. The molecule has 228 valence electrons. The van der Waals surface area contributed by atoms with Gasteiger partial charge in [0.1, 0.15) is 5.82 Å². The van der Waals surface area contributed by atoms with Crippen LogP contribution in [0.4, 0.5) is 14.3 Å². The van der Waals surface area contributed by atoms with Crippen LogP contribution in [0.5, 0.6) is 0 Å². The van der Waals surface area contributed by atoms with Gasteiger partial charge in [-0.25, -0.2) is 14.2 Å². The van der Waals surface area contributed by atoms with E-state index in [-0.39, 0.29) is 41.4 Å². The van der Waals surface area contributed by atoms with Crippen molar-refractivity contribution >= 4 is 34.2 Å². The molecule has 0 saturated carbocycles. The number of hydrogen-bond acceptors (Lipinski definition) is 7. The highest BCUT2D eigenvalue weighted by Gasteiger charge is 2.37. The molecule has 3 atom stereocenters. The van der Waals surface area contributed by atoms with Crippen LogP contribution >= 0.6 is 11.3 Å². The number of carbonyl (C=O) groups excluding carboxylic acids is 3. The number of likely N-dealkylation sites (tertiary alicyclic amines) is 2. The molecule has 0 radical (unpaired) electrons. The van der Waals surface area contributed by atoms with Crippen molar-refractivity contribution in [1.82, 2.24) is 20.1 Å². The van der Waals surface area contributed by atoms with Crippen LogP contribution in [0.15, 0.2) is 24.3 Å². The number of benzene rings is 1. The summed E-state index contributed by atoms with van der Waals surface area (Å²) in [6.07, 6.45) is 5.33. The topological polar surface area (TPSA) is 104 Å². The van der Waals surface area contributed by atoms with E-state index in [2.05, 4.69) is 20.5 Å². The molecule has 3 aliphatic rings. The van der Waals surface area contributed by atoms with Gasteiger partial charge in [0, 0.05) is 64.2 Å². The largest absolute Gasteiger partial charge is 0.381 e. The number of hydrogen-bond donors (Lipinski definition) is 2. The molecule has 3 fully saturated rings. The van der Waals surface area contributed by atoms with E-state index in [9.17, 15) is 18.8 Å². The van der Waals surface area contributed by atoms with Gasteiger partial charge >= 0.3 is 6.03 Å². The van der Waals surface area contributed by atoms with Crippen molar-refractivity contribution in [2.75, 3.05) is 51.3 Å². The highest BCUT2D eigenvalue weighted by Crippen LogP contribution is 2.28. The third-order valence-corrected chi connectivity index (χ3v) is 9.98. The second kappa shape index (κ2) is 14.1. The first kappa shape index (κ1) is 30.6. The lowest BCUT2D eigenvalue weighted by molar-refractivity contribution is -0.141. The van der Waals surface area contributed by atoms with E-state index >= 15 is 0 Å². The Morgan fingerprint density at radius 1 is 1.07 bits per heavy atom. The molecule has 3 amide bonds. The Morgan fingerprint density at radius 3 is 2.55 bits per heavy atom. The Balaban J connectivity index is 1.24. The normalized spacial score (nSPS) is 23.9. The molecule has 42 heavy (non-hydrogen) atoms. The second-order valence-corrected chi connectivity index (χ2v) is 13.0. The van der Waals surface area contributed by atoms with Crippen LogP contribution in [-0.2, 0) is 16.0 Å². The maximum Gasteiger partial charge on any atom is 0.321 e. The lowest BCUT2D eigenvalue weighted by Gasteiger charge is -2.43. The summed E-state index contributed by atoms with van der Waals surface area (Å²) in [5, 5.41) is 6.40. The number of nitrogens with one attached hydrogen (secondary N) is 2. The fraction of sp³-hybridized carbons (Fsp3) is 0.613. The number of piperidine rings is 2. The Hall–Kier alpha value is -2.89. The Kier molecular flexibility index (Phi) is 10.2. The lowest BCUT2D eigenvalue weighted by atomic mass is 9.87. The summed E-state index contributed by atoms with van der Waals surface area (Å²) in [6, 6.07) is 6.35. The third kappa shape index (κ3) is 7.93. The number of ketones is 1. The number of halogens is 1. The first-order chi connectivity index (χ1) is 20.2. The van der Waals surface area contributed by atoms with E-state index in [0.717, 1.165) is 57.3 Å². The number of aromatic nitrogens is 1. The van der Waals surface area contributed by atoms with Crippen LogP contribution in [-0.4, -0.2) is 84.5 Å². The smallest absolute Gasteiger partial charge is 0.321 e. The van der Waals surface area contributed by atoms with Crippen molar-refractivity contribution in [1.29, 1.82) is 0 Å². The van der Waals surface area contributed by atoms with E-state index < -0.39 is 0 Å². The molecule has 5 rings (SSSR count). The van der Waals surface area contributed by atoms with Crippen molar-refractivity contribution in [3.8, 4) is 0 Å². The van der Waals surface area contributed by atoms with E-state index in [1.807, 2.05) is 17.0 Å². The molecule has 11 heteroatoms. The molecule has 3 saturated heterocycles. The molecule has 2 N–H and O–H groups in total. The summed E-state index contributed by atoms with van der Waals surface area (Å²) in [5.74, 6) is 0.474. The average Bonchev–Trinajstić information content (AvgIpc) is 3.35. The molecule has 3 unspecified atom stereocenters. The van der Waals surface area contributed by atoms with Crippen molar-refractivity contribution in [2.24, 2.45) is 17.8 Å². The maximum absolute atomic E-state index is 13.4. The number of aryl methyl sites for hydroxylation is 1. The minimum Gasteiger partial charge on any atom is -0.381 e. The van der Waals surface area contributed by atoms with Crippen molar-refractivity contribution in [3.63, 3.8) is 0 Å². The Morgan fingerprint density at radius 2 is 1.83 bits per heavy atom. The van der Waals surface area contributed by atoms with Crippen LogP contribution < -0.4 is 10.6 Å². The predicted molar refractivity (Wildman–Crippen MR) is 160 cm³/mol. The SMILES string of the molecule is CC(=O)c1sc(NC(=O)NC2CCN(C(=O)C3CCOCC3)CC2CN2CCCC(Cc3ccc(F)cc3)C2)nc1C. The van der Waals surface area contributed by atoms with Gasteiger partial charge in [-0.15, -0.1) is 0 Å². The van der Waals surface area contributed by atoms with Gasteiger partial charge in [-0.3, -0.25) is 14.9 Å². The summed E-state index contributed by atoms with van der Waals surface area (Å²) in [6.45, 7) is 8.43. The number of urea groups is 1. The highest BCUT2D eigenvalue weighted by atomic mass is 32.1. The fourth-order valence-corrected chi connectivity index (χ4v) is 7.51. The standard InChI is InChI=1S/C31H42FN5O4S/c1-20-28(21(2)38)42-31(33-20)35-30(40)34-27-9-13-37(29(39)24-10-14-41-15-11-24)19-25(27)18-36-12-3-4-23(17-36)16-22-5-7-26(32)8-6-22/h5-8,23-25,27H,3-4,9-19H2,1-2H3,(H2,33,34,35,40). The van der Waals surface area contributed by atoms with Gasteiger partial charge in [-0.2, -0.15) is 0 Å². The van der Waals surface area contributed by atoms with Gasteiger partial charge in [-0.1, -0.05) is 23.5 Å². The molecular weight excluding hydrogens is 557 g/mol. The first-order valence-electron chi connectivity index (χ1n) is 15.1. The molecule has 4 heterocycles. The molecular formula is C31H42FN5O4S. The Bertz CT molecular complexity index is 1250. The highest BCUT2D eigenvalue weighted by molar-refractivity contribution is 7.17. The summed E-state index contributed by atoms with van der Waals surface area (Å²) in [4.78, 5) is 47.7. The van der Waals surface area contributed by atoms with Gasteiger partial charge in [-0.05, 0) is 75.6 Å².